The Hall–Kier alpha value is -1.26. The Balaban J connectivity index is 2.53. The Morgan fingerprint density at radius 3 is 2.88 bits per heavy atom. The molecule has 2 atom stereocenters. The molecule has 0 amide bonds. The minimum absolute atomic E-state index is 0.0745. The highest BCUT2D eigenvalue weighted by molar-refractivity contribution is 5.70. The molecule has 0 aromatic carbocycles. The number of hydrogen-bond donors (Lipinski definition) is 0. The number of rotatable bonds is 3. The molecule has 1 rings (SSSR count). The highest BCUT2D eigenvalue weighted by Crippen LogP contribution is 2.23. The fourth-order valence-electron chi connectivity index (χ4n) is 1.80. The number of esters is 1. The number of carbonyl (C=O) groups is 1. The molecule has 17 heavy (non-hydrogen) atoms. The quantitative estimate of drug-likeness (QED) is 0.329. The lowest BCUT2D eigenvalue weighted by Gasteiger charge is -2.28. The number of carbonyl (C=O) groups excluding carboxylic acids is 1. The topological polar surface area (TPSA) is 84.3 Å². The molecule has 1 aliphatic heterocycles. The molecule has 0 bridgehead atoms. The first-order valence-electron chi connectivity index (χ1n) is 5.76. The lowest BCUT2D eigenvalue weighted by Crippen LogP contribution is -2.34. The minimum Gasteiger partial charge on any atom is -0.460 e. The van der Waals surface area contributed by atoms with E-state index in [1.165, 1.54) is 0 Å². The van der Waals surface area contributed by atoms with Crippen molar-refractivity contribution in [2.45, 2.75) is 45.3 Å². The summed E-state index contributed by atoms with van der Waals surface area (Å²) in [7, 11) is 0. The van der Waals surface area contributed by atoms with Crippen LogP contribution in [-0.4, -0.2) is 30.8 Å². The molecule has 0 spiro atoms. The van der Waals surface area contributed by atoms with Crippen LogP contribution in [-0.2, 0) is 14.3 Å². The molecule has 1 aliphatic rings. The van der Waals surface area contributed by atoms with Crippen molar-refractivity contribution in [3.8, 4) is 0 Å². The molecule has 96 valence electrons. The fraction of sp³-hybridized carbons (Fsp3) is 0.909. The molecule has 6 nitrogen and oxygen atoms in total. The van der Waals surface area contributed by atoms with Crippen molar-refractivity contribution in [1.29, 1.82) is 0 Å². The number of ether oxygens (including phenoxy) is 2. The van der Waals surface area contributed by atoms with Gasteiger partial charge in [0.15, 0.2) is 0 Å². The monoisotopic (exact) mass is 241 g/mol. The summed E-state index contributed by atoms with van der Waals surface area (Å²) in [5.41, 5.74) is 7.97. The molecule has 0 aromatic heterocycles. The minimum atomic E-state index is -0.486. The van der Waals surface area contributed by atoms with Crippen LogP contribution in [0.2, 0.25) is 0 Å². The van der Waals surface area contributed by atoms with Gasteiger partial charge in [0.2, 0.25) is 0 Å². The zero-order valence-corrected chi connectivity index (χ0v) is 10.5. The van der Waals surface area contributed by atoms with Gasteiger partial charge in [0.1, 0.15) is 5.60 Å². The van der Waals surface area contributed by atoms with E-state index in [0.29, 0.717) is 19.6 Å². The van der Waals surface area contributed by atoms with Gasteiger partial charge in [-0.05, 0) is 32.7 Å². The van der Waals surface area contributed by atoms with Gasteiger partial charge in [-0.3, -0.25) is 4.79 Å². The molecule has 0 unspecified atom stereocenters. The van der Waals surface area contributed by atoms with E-state index in [1.807, 2.05) is 20.8 Å². The van der Waals surface area contributed by atoms with Crippen LogP contribution in [0.15, 0.2) is 5.11 Å². The number of hydrogen-bond acceptors (Lipinski definition) is 4. The third-order valence-corrected chi connectivity index (χ3v) is 2.48. The van der Waals surface area contributed by atoms with E-state index in [4.69, 9.17) is 15.0 Å². The summed E-state index contributed by atoms with van der Waals surface area (Å²) < 4.78 is 10.5. The lowest BCUT2D eigenvalue weighted by atomic mass is 9.93. The number of azide groups is 1. The predicted octanol–water partition coefficient (Wildman–Crippen LogP) is 2.43. The summed E-state index contributed by atoms with van der Waals surface area (Å²) in [4.78, 5) is 14.5. The van der Waals surface area contributed by atoms with Crippen LogP contribution in [0.3, 0.4) is 0 Å². The van der Waals surface area contributed by atoms with Crippen LogP contribution in [0, 0.1) is 5.92 Å². The Bertz CT molecular complexity index is 318. The second-order valence-corrected chi connectivity index (χ2v) is 5.19. The van der Waals surface area contributed by atoms with Crippen LogP contribution in [0.1, 0.15) is 33.6 Å². The van der Waals surface area contributed by atoms with Gasteiger partial charge in [0, 0.05) is 23.5 Å². The van der Waals surface area contributed by atoms with E-state index in [2.05, 4.69) is 10.0 Å². The summed E-state index contributed by atoms with van der Waals surface area (Å²) in [5, 5.41) is 3.71. The van der Waals surface area contributed by atoms with E-state index in [-0.39, 0.29) is 24.3 Å². The van der Waals surface area contributed by atoms with E-state index in [9.17, 15) is 4.79 Å². The first-order valence-corrected chi connectivity index (χ1v) is 5.76. The van der Waals surface area contributed by atoms with Crippen molar-refractivity contribution < 1.29 is 14.3 Å². The molecule has 0 aliphatic carbocycles. The average molecular weight is 241 g/mol. The summed E-state index contributed by atoms with van der Waals surface area (Å²) in [5.74, 6) is -0.347. The normalized spacial score (nSPS) is 24.9. The fourth-order valence-corrected chi connectivity index (χ4v) is 1.80. The van der Waals surface area contributed by atoms with Crippen LogP contribution in [0.4, 0.5) is 0 Å². The van der Waals surface area contributed by atoms with Gasteiger partial charge in [-0.15, -0.1) is 0 Å². The van der Waals surface area contributed by atoms with Gasteiger partial charge in [0.25, 0.3) is 0 Å². The molecule has 6 heteroatoms. The number of nitrogens with zero attached hydrogens (tertiary/aromatic N) is 3. The maximum atomic E-state index is 11.7. The third kappa shape index (κ3) is 5.06. The van der Waals surface area contributed by atoms with Crippen molar-refractivity contribution in [2.75, 3.05) is 13.2 Å². The standard InChI is InChI=1S/C11H19N3O3/c1-11(2,3)17-10(15)6-8-7-16-5-4-9(8)13-14-12/h8-9H,4-7H2,1-3H3/t8-,9-/m0/s1. The summed E-state index contributed by atoms with van der Waals surface area (Å²) in [6.07, 6.45) is 0.901. The molecular formula is C11H19N3O3. The Kier molecular flexibility index (Phi) is 4.78. The smallest absolute Gasteiger partial charge is 0.306 e. The second kappa shape index (κ2) is 5.89. The van der Waals surface area contributed by atoms with Crippen LogP contribution in [0.5, 0.6) is 0 Å². The van der Waals surface area contributed by atoms with Crippen molar-refractivity contribution >= 4 is 5.97 Å². The zero-order chi connectivity index (χ0) is 12.9. The summed E-state index contributed by atoms with van der Waals surface area (Å²) in [6, 6.07) is -0.165. The largest absolute Gasteiger partial charge is 0.460 e. The van der Waals surface area contributed by atoms with Gasteiger partial charge >= 0.3 is 5.97 Å². The summed E-state index contributed by atoms with van der Waals surface area (Å²) in [6.45, 7) is 6.50. The van der Waals surface area contributed by atoms with Gasteiger partial charge in [-0.25, -0.2) is 0 Å². The lowest BCUT2D eigenvalue weighted by molar-refractivity contribution is -0.157. The van der Waals surface area contributed by atoms with Gasteiger partial charge in [-0.2, -0.15) is 0 Å². The van der Waals surface area contributed by atoms with Crippen molar-refractivity contribution in [3.63, 3.8) is 0 Å². The highest BCUT2D eigenvalue weighted by atomic mass is 16.6. The van der Waals surface area contributed by atoms with E-state index < -0.39 is 5.60 Å². The van der Waals surface area contributed by atoms with Gasteiger partial charge < -0.3 is 9.47 Å². The molecule has 1 fully saturated rings. The molecule has 0 aromatic rings. The Labute approximate surface area is 101 Å². The van der Waals surface area contributed by atoms with Crippen molar-refractivity contribution in [2.24, 2.45) is 11.0 Å². The maximum absolute atomic E-state index is 11.7. The second-order valence-electron chi connectivity index (χ2n) is 5.19. The van der Waals surface area contributed by atoms with Crippen molar-refractivity contribution in [1.82, 2.24) is 0 Å². The molecular weight excluding hydrogens is 222 g/mol. The molecule has 1 heterocycles. The van der Waals surface area contributed by atoms with E-state index in [0.717, 1.165) is 0 Å². The van der Waals surface area contributed by atoms with E-state index in [1.54, 1.807) is 0 Å². The molecule has 1 saturated heterocycles. The molecule has 0 radical (unpaired) electrons. The predicted molar refractivity (Wildman–Crippen MR) is 62.3 cm³/mol. The van der Waals surface area contributed by atoms with Crippen LogP contribution < -0.4 is 0 Å². The maximum Gasteiger partial charge on any atom is 0.306 e. The van der Waals surface area contributed by atoms with Crippen LogP contribution in [0.25, 0.3) is 10.4 Å². The highest BCUT2D eigenvalue weighted by Gasteiger charge is 2.29. The van der Waals surface area contributed by atoms with Gasteiger partial charge in [-0.1, -0.05) is 5.11 Å². The first-order chi connectivity index (χ1) is 7.92. The van der Waals surface area contributed by atoms with Crippen molar-refractivity contribution in [3.05, 3.63) is 10.4 Å². The Morgan fingerprint density at radius 1 is 1.59 bits per heavy atom. The molecule has 0 N–H and O–H groups in total. The zero-order valence-electron chi connectivity index (χ0n) is 10.5. The van der Waals surface area contributed by atoms with E-state index >= 15 is 0 Å². The first kappa shape index (κ1) is 13.8. The molecule has 0 saturated carbocycles. The Morgan fingerprint density at radius 2 is 2.29 bits per heavy atom. The summed E-state index contributed by atoms with van der Waals surface area (Å²) >= 11 is 0. The average Bonchev–Trinajstić information content (AvgIpc) is 2.18. The van der Waals surface area contributed by atoms with Crippen LogP contribution >= 0.6 is 0 Å². The van der Waals surface area contributed by atoms with Gasteiger partial charge in [0.05, 0.1) is 13.0 Å². The SMILES string of the molecule is CC(C)(C)OC(=O)C[C@H]1COCC[C@@H]1N=[N+]=[N-]. The third-order valence-electron chi connectivity index (χ3n) is 2.48.